The van der Waals surface area contributed by atoms with Crippen LogP contribution in [0.3, 0.4) is 0 Å². The van der Waals surface area contributed by atoms with Gasteiger partial charge in [-0.15, -0.1) is 11.3 Å². The molecule has 0 bridgehead atoms. The number of hydrogen-bond acceptors (Lipinski definition) is 4. The summed E-state index contributed by atoms with van der Waals surface area (Å²) in [6, 6.07) is 4.10. The van der Waals surface area contributed by atoms with Gasteiger partial charge in [0, 0.05) is 12.5 Å². The fourth-order valence-electron chi connectivity index (χ4n) is 4.23. The lowest BCUT2D eigenvalue weighted by atomic mass is 9.78. The highest BCUT2D eigenvalue weighted by Gasteiger charge is 2.28. The van der Waals surface area contributed by atoms with Crippen molar-refractivity contribution in [3.8, 4) is 0 Å². The van der Waals surface area contributed by atoms with E-state index in [4.69, 9.17) is 0 Å². The molecular weight excluding hydrogens is 360 g/mol. The first kappa shape index (κ1) is 18.2. The Hall–Kier alpha value is -2.15. The summed E-state index contributed by atoms with van der Waals surface area (Å²) in [5.41, 5.74) is 1.39. The Kier molecular flexibility index (Phi) is 4.80. The van der Waals surface area contributed by atoms with E-state index in [1.807, 2.05) is 28.8 Å². The number of amides is 1. The zero-order valence-electron chi connectivity index (χ0n) is 16.1. The fraction of sp³-hybridized carbons (Fsp3) is 0.550. The Morgan fingerprint density at radius 1 is 1.33 bits per heavy atom. The molecular formula is C20H26N4O2S. The van der Waals surface area contributed by atoms with Crippen LogP contribution in [0.4, 0.5) is 0 Å². The van der Waals surface area contributed by atoms with Crippen LogP contribution in [0.2, 0.25) is 0 Å². The van der Waals surface area contributed by atoms with Crippen LogP contribution in [0.5, 0.6) is 0 Å². The number of thiophene rings is 1. The summed E-state index contributed by atoms with van der Waals surface area (Å²) in [6.07, 6.45) is 4.06. The lowest BCUT2D eigenvalue weighted by Crippen LogP contribution is -2.46. The minimum atomic E-state index is -0.212. The summed E-state index contributed by atoms with van der Waals surface area (Å²) in [5, 5.41) is 9.65. The maximum atomic E-state index is 12.9. The molecule has 144 valence electrons. The molecule has 6 nitrogen and oxygen atoms in total. The predicted molar refractivity (Wildman–Crippen MR) is 108 cm³/mol. The van der Waals surface area contributed by atoms with Crippen LogP contribution in [0, 0.1) is 11.8 Å². The standard InChI is InChI=1S/C20H26N4O2S/c1-4-18-22-23(11-19(25)21-14-7-5-6-12(2)13(14)3)20(26)16-10-17-15(24(16)18)8-9-27-17/h8-10,12-14H,4-7,11H2,1-3H3,(H,21,25)/t12-,13-,14+/m0/s1. The molecule has 3 aromatic heterocycles. The maximum Gasteiger partial charge on any atom is 0.291 e. The van der Waals surface area contributed by atoms with Gasteiger partial charge in [0.15, 0.2) is 0 Å². The molecule has 3 atom stereocenters. The van der Waals surface area contributed by atoms with E-state index in [1.54, 1.807) is 11.3 Å². The van der Waals surface area contributed by atoms with E-state index in [0.717, 1.165) is 28.9 Å². The van der Waals surface area contributed by atoms with E-state index in [1.165, 1.54) is 11.1 Å². The van der Waals surface area contributed by atoms with Crippen LogP contribution in [-0.2, 0) is 17.8 Å². The Balaban J connectivity index is 1.63. The van der Waals surface area contributed by atoms with Crippen molar-refractivity contribution in [1.82, 2.24) is 19.5 Å². The van der Waals surface area contributed by atoms with Gasteiger partial charge in [-0.25, -0.2) is 4.68 Å². The smallest absolute Gasteiger partial charge is 0.291 e. The second-order valence-corrected chi connectivity index (χ2v) is 8.66. The topological polar surface area (TPSA) is 68.4 Å². The van der Waals surface area contributed by atoms with Gasteiger partial charge in [0.2, 0.25) is 5.91 Å². The van der Waals surface area contributed by atoms with Gasteiger partial charge in [-0.05, 0) is 35.8 Å². The van der Waals surface area contributed by atoms with Crippen LogP contribution >= 0.6 is 11.3 Å². The van der Waals surface area contributed by atoms with Gasteiger partial charge in [-0.1, -0.05) is 33.6 Å². The normalized spacial score (nSPS) is 23.1. The first-order chi connectivity index (χ1) is 13.0. The number of aryl methyl sites for hydroxylation is 1. The van der Waals surface area contributed by atoms with Crippen molar-refractivity contribution in [3.05, 3.63) is 33.7 Å². The molecule has 3 heterocycles. The molecule has 7 heteroatoms. The molecule has 0 aromatic carbocycles. The first-order valence-electron chi connectivity index (χ1n) is 9.77. The van der Waals surface area contributed by atoms with E-state index in [-0.39, 0.29) is 24.1 Å². The Labute approximate surface area is 162 Å². The molecule has 1 aliphatic carbocycles. The minimum Gasteiger partial charge on any atom is -0.351 e. The number of aromatic nitrogens is 3. The van der Waals surface area contributed by atoms with Gasteiger partial charge >= 0.3 is 0 Å². The molecule has 1 fully saturated rings. The summed E-state index contributed by atoms with van der Waals surface area (Å²) in [7, 11) is 0. The SMILES string of the molecule is CCc1nn(CC(=O)N[C@@H]2CCC[C@H](C)[C@@H]2C)c(=O)c2cc3sccc3n12. The van der Waals surface area contributed by atoms with E-state index in [2.05, 4.69) is 24.3 Å². The molecule has 1 aliphatic rings. The molecule has 1 amide bonds. The van der Waals surface area contributed by atoms with Gasteiger partial charge in [-0.2, -0.15) is 5.10 Å². The molecule has 3 aromatic rings. The molecule has 0 saturated heterocycles. The van der Waals surface area contributed by atoms with E-state index >= 15 is 0 Å². The molecule has 1 N–H and O–H groups in total. The minimum absolute atomic E-state index is 0.0290. The van der Waals surface area contributed by atoms with Crippen molar-refractivity contribution in [1.29, 1.82) is 0 Å². The molecule has 0 aliphatic heterocycles. The molecule has 1 saturated carbocycles. The van der Waals surface area contributed by atoms with E-state index < -0.39 is 0 Å². The number of carbonyl (C=O) groups is 1. The molecule has 27 heavy (non-hydrogen) atoms. The monoisotopic (exact) mass is 386 g/mol. The molecule has 0 spiro atoms. The van der Waals surface area contributed by atoms with Gasteiger partial charge in [-0.3, -0.25) is 14.0 Å². The number of nitrogens with one attached hydrogen (secondary N) is 1. The second-order valence-electron chi connectivity index (χ2n) is 7.71. The van der Waals surface area contributed by atoms with Crippen molar-refractivity contribution in [2.75, 3.05) is 0 Å². The van der Waals surface area contributed by atoms with Crippen LogP contribution < -0.4 is 10.9 Å². The molecule has 0 radical (unpaired) electrons. The maximum absolute atomic E-state index is 12.9. The van der Waals surface area contributed by atoms with Gasteiger partial charge in [0.1, 0.15) is 17.9 Å². The lowest BCUT2D eigenvalue weighted by Gasteiger charge is -2.34. The number of carbonyl (C=O) groups excluding carboxylic acids is 1. The largest absolute Gasteiger partial charge is 0.351 e. The zero-order chi connectivity index (χ0) is 19.1. The fourth-order valence-corrected chi connectivity index (χ4v) is 5.04. The van der Waals surface area contributed by atoms with Crippen LogP contribution in [0.25, 0.3) is 15.7 Å². The highest BCUT2D eigenvalue weighted by Crippen LogP contribution is 2.29. The number of nitrogens with zero attached hydrogens (tertiary/aromatic N) is 3. The van der Waals surface area contributed by atoms with Crippen molar-refractivity contribution in [2.24, 2.45) is 11.8 Å². The summed E-state index contributed by atoms with van der Waals surface area (Å²) in [6.45, 7) is 6.43. The van der Waals surface area contributed by atoms with E-state index in [9.17, 15) is 9.59 Å². The molecule has 0 unspecified atom stereocenters. The van der Waals surface area contributed by atoms with Crippen LogP contribution in [-0.4, -0.2) is 26.1 Å². The van der Waals surface area contributed by atoms with Crippen molar-refractivity contribution >= 4 is 33.0 Å². The van der Waals surface area contributed by atoms with Crippen LogP contribution in [0.1, 0.15) is 45.9 Å². The van der Waals surface area contributed by atoms with Gasteiger partial charge in [0.25, 0.3) is 5.56 Å². The van der Waals surface area contributed by atoms with Gasteiger partial charge < -0.3 is 5.32 Å². The first-order valence-corrected chi connectivity index (χ1v) is 10.7. The number of rotatable bonds is 4. The summed E-state index contributed by atoms with van der Waals surface area (Å²) >= 11 is 1.61. The lowest BCUT2D eigenvalue weighted by molar-refractivity contribution is -0.123. The van der Waals surface area contributed by atoms with E-state index in [0.29, 0.717) is 23.8 Å². The van der Waals surface area contributed by atoms with Crippen molar-refractivity contribution in [3.63, 3.8) is 0 Å². The quantitative estimate of drug-likeness (QED) is 0.749. The highest BCUT2D eigenvalue weighted by molar-refractivity contribution is 7.17. The van der Waals surface area contributed by atoms with Gasteiger partial charge in [0.05, 0.1) is 10.2 Å². The summed E-state index contributed by atoms with van der Waals surface area (Å²) in [4.78, 5) is 25.5. The zero-order valence-corrected chi connectivity index (χ0v) is 16.9. The third-order valence-electron chi connectivity index (χ3n) is 6.03. The molecule has 4 rings (SSSR count). The Bertz CT molecular complexity index is 1050. The van der Waals surface area contributed by atoms with Crippen molar-refractivity contribution in [2.45, 2.75) is 59.0 Å². The second kappa shape index (κ2) is 7.11. The third-order valence-corrected chi connectivity index (χ3v) is 6.89. The van der Waals surface area contributed by atoms with Crippen molar-refractivity contribution < 1.29 is 4.79 Å². The summed E-state index contributed by atoms with van der Waals surface area (Å²) in [5.74, 6) is 1.74. The average Bonchev–Trinajstić information content (AvgIpc) is 3.23. The Morgan fingerprint density at radius 3 is 2.93 bits per heavy atom. The third kappa shape index (κ3) is 3.18. The Morgan fingerprint density at radius 2 is 2.15 bits per heavy atom. The summed E-state index contributed by atoms with van der Waals surface area (Å²) < 4.78 is 4.31. The number of hydrogen-bond donors (Lipinski definition) is 1. The van der Waals surface area contributed by atoms with Crippen LogP contribution in [0.15, 0.2) is 22.3 Å². The predicted octanol–water partition coefficient (Wildman–Crippen LogP) is 3.21. The number of fused-ring (bicyclic) bond motifs is 3. The highest BCUT2D eigenvalue weighted by atomic mass is 32.1. The average molecular weight is 387 g/mol.